The first-order valence-electron chi connectivity index (χ1n) is 9.02. The zero-order chi connectivity index (χ0) is 19.1. The molecule has 0 heterocycles. The van der Waals surface area contributed by atoms with E-state index in [0.29, 0.717) is 6.61 Å². The standard InChI is InChI=1S/C23H24N2O2/c1-17-7-11-19(12-8-17)24-21-5-3-4-6-22(21)25-23(26)15-16-27-20-13-9-18(2)10-14-20/h3-14,24H,15-16H2,1-2H3,(H,25,26). The van der Waals surface area contributed by atoms with Gasteiger partial charge in [-0.05, 0) is 50.2 Å². The Labute approximate surface area is 160 Å². The van der Waals surface area contributed by atoms with E-state index in [0.717, 1.165) is 22.8 Å². The number of anilines is 3. The number of aryl methyl sites for hydroxylation is 2. The van der Waals surface area contributed by atoms with Gasteiger partial charge in [-0.2, -0.15) is 0 Å². The van der Waals surface area contributed by atoms with Crippen LogP contribution in [0, 0.1) is 13.8 Å². The number of hydrogen-bond acceptors (Lipinski definition) is 3. The van der Waals surface area contributed by atoms with Crippen molar-refractivity contribution in [2.24, 2.45) is 0 Å². The third kappa shape index (κ3) is 5.61. The molecular weight excluding hydrogens is 336 g/mol. The Bertz CT molecular complexity index is 887. The minimum atomic E-state index is -0.0831. The molecule has 0 radical (unpaired) electrons. The predicted octanol–water partition coefficient (Wildman–Crippen LogP) is 5.45. The SMILES string of the molecule is Cc1ccc(Nc2ccccc2NC(=O)CCOc2ccc(C)cc2)cc1. The van der Waals surface area contributed by atoms with E-state index in [4.69, 9.17) is 4.74 Å². The van der Waals surface area contributed by atoms with Crippen LogP contribution in [0.2, 0.25) is 0 Å². The molecule has 3 aromatic rings. The zero-order valence-corrected chi connectivity index (χ0v) is 15.7. The highest BCUT2D eigenvalue weighted by atomic mass is 16.5. The molecule has 1 amide bonds. The summed E-state index contributed by atoms with van der Waals surface area (Å²) in [7, 11) is 0. The first-order chi connectivity index (χ1) is 13.1. The summed E-state index contributed by atoms with van der Waals surface area (Å²) in [5.41, 5.74) is 4.96. The number of amides is 1. The molecule has 0 saturated carbocycles. The summed E-state index contributed by atoms with van der Waals surface area (Å²) in [6.07, 6.45) is 0.284. The maximum atomic E-state index is 12.3. The van der Waals surface area contributed by atoms with E-state index in [9.17, 15) is 4.79 Å². The average molecular weight is 360 g/mol. The monoisotopic (exact) mass is 360 g/mol. The van der Waals surface area contributed by atoms with Crippen LogP contribution >= 0.6 is 0 Å². The van der Waals surface area contributed by atoms with E-state index in [1.807, 2.05) is 79.7 Å². The van der Waals surface area contributed by atoms with Crippen molar-refractivity contribution >= 4 is 23.0 Å². The Balaban J connectivity index is 1.55. The second-order valence-electron chi connectivity index (χ2n) is 6.50. The Morgan fingerprint density at radius 1 is 0.815 bits per heavy atom. The fourth-order valence-electron chi connectivity index (χ4n) is 2.60. The van der Waals surface area contributed by atoms with E-state index >= 15 is 0 Å². The van der Waals surface area contributed by atoms with Gasteiger partial charge in [-0.15, -0.1) is 0 Å². The van der Waals surface area contributed by atoms with E-state index in [1.54, 1.807) is 0 Å². The van der Waals surface area contributed by atoms with Gasteiger partial charge in [0.05, 0.1) is 24.4 Å². The molecule has 2 N–H and O–H groups in total. The highest BCUT2D eigenvalue weighted by molar-refractivity contribution is 5.94. The van der Waals surface area contributed by atoms with Crippen LogP contribution in [-0.4, -0.2) is 12.5 Å². The van der Waals surface area contributed by atoms with Crippen LogP contribution in [0.4, 0.5) is 17.1 Å². The molecule has 0 aliphatic carbocycles. The Kier molecular flexibility index (Phi) is 6.10. The molecule has 0 fully saturated rings. The largest absolute Gasteiger partial charge is 0.493 e. The van der Waals surface area contributed by atoms with Gasteiger partial charge in [0.1, 0.15) is 5.75 Å². The molecule has 4 nitrogen and oxygen atoms in total. The van der Waals surface area contributed by atoms with Gasteiger partial charge in [0.2, 0.25) is 5.91 Å². The topological polar surface area (TPSA) is 50.4 Å². The van der Waals surface area contributed by atoms with Crippen molar-refractivity contribution in [3.8, 4) is 5.75 Å². The lowest BCUT2D eigenvalue weighted by molar-refractivity contribution is -0.116. The summed E-state index contributed by atoms with van der Waals surface area (Å²) in [5, 5.41) is 6.30. The summed E-state index contributed by atoms with van der Waals surface area (Å²) in [5.74, 6) is 0.690. The van der Waals surface area contributed by atoms with E-state index in [-0.39, 0.29) is 12.3 Å². The number of carbonyl (C=O) groups excluding carboxylic acids is 1. The zero-order valence-electron chi connectivity index (χ0n) is 15.7. The van der Waals surface area contributed by atoms with Crippen LogP contribution in [0.5, 0.6) is 5.75 Å². The molecule has 138 valence electrons. The molecule has 4 heteroatoms. The fraction of sp³-hybridized carbons (Fsp3) is 0.174. The second-order valence-corrected chi connectivity index (χ2v) is 6.50. The minimum absolute atomic E-state index is 0.0831. The van der Waals surface area contributed by atoms with Crippen molar-refractivity contribution < 1.29 is 9.53 Å². The van der Waals surface area contributed by atoms with E-state index in [2.05, 4.69) is 17.6 Å². The van der Waals surface area contributed by atoms with Gasteiger partial charge in [0, 0.05) is 5.69 Å². The lowest BCUT2D eigenvalue weighted by Crippen LogP contribution is -2.16. The van der Waals surface area contributed by atoms with Gasteiger partial charge in [0.25, 0.3) is 0 Å². The summed E-state index contributed by atoms with van der Waals surface area (Å²) in [6.45, 7) is 4.42. The van der Waals surface area contributed by atoms with E-state index in [1.165, 1.54) is 11.1 Å². The lowest BCUT2D eigenvalue weighted by Gasteiger charge is -2.13. The summed E-state index contributed by atoms with van der Waals surface area (Å²) in [6, 6.07) is 23.6. The van der Waals surface area contributed by atoms with Crippen LogP contribution in [0.15, 0.2) is 72.8 Å². The average Bonchev–Trinajstić information content (AvgIpc) is 2.67. The number of hydrogen-bond donors (Lipinski definition) is 2. The molecular formula is C23H24N2O2. The van der Waals surface area contributed by atoms with Crippen molar-refractivity contribution in [2.75, 3.05) is 17.2 Å². The van der Waals surface area contributed by atoms with Crippen molar-refractivity contribution in [3.05, 3.63) is 83.9 Å². The fourth-order valence-corrected chi connectivity index (χ4v) is 2.60. The van der Waals surface area contributed by atoms with Crippen molar-refractivity contribution in [1.29, 1.82) is 0 Å². The third-order valence-corrected chi connectivity index (χ3v) is 4.15. The number of carbonyl (C=O) groups is 1. The molecule has 3 aromatic carbocycles. The maximum Gasteiger partial charge on any atom is 0.227 e. The van der Waals surface area contributed by atoms with Crippen molar-refractivity contribution in [1.82, 2.24) is 0 Å². The summed E-state index contributed by atoms with van der Waals surface area (Å²) < 4.78 is 5.63. The van der Waals surface area contributed by atoms with Crippen molar-refractivity contribution in [2.45, 2.75) is 20.3 Å². The first kappa shape index (κ1) is 18.5. The summed E-state index contributed by atoms with van der Waals surface area (Å²) in [4.78, 5) is 12.3. The number of rotatable bonds is 7. The number of ether oxygens (including phenoxy) is 1. The van der Waals surface area contributed by atoms with Crippen LogP contribution in [0.3, 0.4) is 0 Å². The molecule has 0 bridgehead atoms. The van der Waals surface area contributed by atoms with Gasteiger partial charge >= 0.3 is 0 Å². The normalized spacial score (nSPS) is 10.3. The second kappa shape index (κ2) is 8.90. The van der Waals surface area contributed by atoms with Crippen LogP contribution in [-0.2, 0) is 4.79 Å². The van der Waals surface area contributed by atoms with Gasteiger partial charge in [-0.1, -0.05) is 47.5 Å². The molecule has 0 unspecified atom stereocenters. The highest BCUT2D eigenvalue weighted by Gasteiger charge is 2.07. The molecule has 0 aliphatic rings. The molecule has 0 spiro atoms. The van der Waals surface area contributed by atoms with Crippen LogP contribution in [0.25, 0.3) is 0 Å². The Morgan fingerprint density at radius 3 is 2.07 bits per heavy atom. The molecule has 0 atom stereocenters. The van der Waals surface area contributed by atoms with Gasteiger partial charge in [0.15, 0.2) is 0 Å². The van der Waals surface area contributed by atoms with E-state index < -0.39 is 0 Å². The molecule has 0 aromatic heterocycles. The third-order valence-electron chi connectivity index (χ3n) is 4.15. The quantitative estimate of drug-likeness (QED) is 0.589. The van der Waals surface area contributed by atoms with Crippen LogP contribution < -0.4 is 15.4 Å². The molecule has 0 saturated heterocycles. The molecule has 3 rings (SSSR count). The van der Waals surface area contributed by atoms with Crippen LogP contribution in [0.1, 0.15) is 17.5 Å². The maximum absolute atomic E-state index is 12.3. The first-order valence-corrected chi connectivity index (χ1v) is 9.02. The van der Waals surface area contributed by atoms with Crippen molar-refractivity contribution in [3.63, 3.8) is 0 Å². The number of para-hydroxylation sites is 2. The van der Waals surface area contributed by atoms with Gasteiger partial charge < -0.3 is 15.4 Å². The smallest absolute Gasteiger partial charge is 0.227 e. The van der Waals surface area contributed by atoms with Gasteiger partial charge in [-0.3, -0.25) is 4.79 Å². The Morgan fingerprint density at radius 2 is 1.41 bits per heavy atom. The molecule has 0 aliphatic heterocycles. The molecule has 27 heavy (non-hydrogen) atoms. The lowest BCUT2D eigenvalue weighted by atomic mass is 10.2. The number of nitrogens with one attached hydrogen (secondary N) is 2. The van der Waals surface area contributed by atoms with Gasteiger partial charge in [-0.25, -0.2) is 0 Å². The minimum Gasteiger partial charge on any atom is -0.493 e. The highest BCUT2D eigenvalue weighted by Crippen LogP contribution is 2.25. The number of benzene rings is 3. The predicted molar refractivity (Wildman–Crippen MR) is 111 cm³/mol. The summed E-state index contributed by atoms with van der Waals surface area (Å²) >= 11 is 0. The Hall–Kier alpha value is -3.27.